The van der Waals surface area contributed by atoms with Crippen LogP contribution in [0.5, 0.6) is 0 Å². The monoisotopic (exact) mass is 874 g/mol. The Bertz CT molecular complexity index is 981. The lowest BCUT2D eigenvalue weighted by molar-refractivity contribution is -0.151. The van der Waals surface area contributed by atoms with E-state index in [1.54, 1.807) is 0 Å². The molecule has 1 amide bonds. The van der Waals surface area contributed by atoms with Crippen LogP contribution in [0.1, 0.15) is 297 Å². The molecule has 6 nitrogen and oxygen atoms in total. The van der Waals surface area contributed by atoms with Crippen molar-refractivity contribution >= 4 is 11.9 Å². The molecule has 0 bridgehead atoms. The first-order valence-corrected chi connectivity index (χ1v) is 27.6. The number of allylic oxidation sites excluding steroid dienone is 4. The van der Waals surface area contributed by atoms with Crippen LogP contribution >= 0.6 is 0 Å². The molecule has 0 saturated heterocycles. The summed E-state index contributed by atoms with van der Waals surface area (Å²) >= 11 is 0. The summed E-state index contributed by atoms with van der Waals surface area (Å²) in [5.41, 5.74) is 0. The fourth-order valence-electron chi connectivity index (χ4n) is 8.60. The molecule has 366 valence electrons. The zero-order valence-corrected chi connectivity index (χ0v) is 41.8. The van der Waals surface area contributed by atoms with Gasteiger partial charge in [-0.3, -0.25) is 9.59 Å². The van der Waals surface area contributed by atoms with Crippen LogP contribution in [0.4, 0.5) is 0 Å². The van der Waals surface area contributed by atoms with Crippen LogP contribution in [0.25, 0.3) is 0 Å². The molecule has 3 atom stereocenters. The van der Waals surface area contributed by atoms with Crippen LogP contribution in [0, 0.1) is 0 Å². The van der Waals surface area contributed by atoms with E-state index >= 15 is 0 Å². The van der Waals surface area contributed by atoms with Crippen LogP contribution < -0.4 is 5.32 Å². The van der Waals surface area contributed by atoms with Gasteiger partial charge >= 0.3 is 5.97 Å². The SMILES string of the molecule is CCCCCCCCC/C=C/C=C/CCCCCCCC(=O)OC(CCCCCCCCCCCCCCCC)CC(=O)NC(CO)C(O)CCCCCCCCCCCCC. The number of carbonyl (C=O) groups excluding carboxylic acids is 2. The second kappa shape index (κ2) is 50.3. The molecule has 6 heteroatoms. The number of ether oxygens (including phenoxy) is 1. The quantitative estimate of drug-likeness (QED) is 0.0321. The van der Waals surface area contributed by atoms with Gasteiger partial charge < -0.3 is 20.3 Å². The van der Waals surface area contributed by atoms with Crippen molar-refractivity contribution < 1.29 is 24.5 Å². The van der Waals surface area contributed by atoms with E-state index < -0.39 is 18.2 Å². The van der Waals surface area contributed by atoms with E-state index in [0.29, 0.717) is 19.3 Å². The van der Waals surface area contributed by atoms with E-state index in [2.05, 4.69) is 50.4 Å². The third kappa shape index (κ3) is 44.9. The van der Waals surface area contributed by atoms with Gasteiger partial charge in [0.1, 0.15) is 6.10 Å². The standard InChI is InChI=1S/C56H107NO5/c1-4-7-10-13-16-19-22-24-26-27-28-29-31-34-37-40-43-46-49-56(61)62-52(47-44-41-38-35-33-30-25-23-20-17-14-11-8-5-2)50-55(60)57-53(51-58)54(59)48-45-42-39-36-32-21-18-15-12-9-6-3/h26-29,52-54,58-59H,4-25,30-51H2,1-3H3,(H,57,60)/b27-26+,29-28+. The molecule has 0 fully saturated rings. The zero-order chi connectivity index (χ0) is 45.2. The maximum absolute atomic E-state index is 13.2. The Morgan fingerprint density at radius 3 is 1.19 bits per heavy atom. The lowest BCUT2D eigenvalue weighted by atomic mass is 10.0. The molecular formula is C56H107NO5. The molecule has 0 radical (unpaired) electrons. The molecule has 0 aliphatic carbocycles. The molecule has 3 unspecified atom stereocenters. The summed E-state index contributed by atoms with van der Waals surface area (Å²) in [6, 6.07) is -0.699. The molecule has 0 aromatic heterocycles. The fourth-order valence-corrected chi connectivity index (χ4v) is 8.60. The van der Waals surface area contributed by atoms with Crippen LogP contribution in [0.15, 0.2) is 24.3 Å². The smallest absolute Gasteiger partial charge is 0.306 e. The molecule has 0 aromatic carbocycles. The van der Waals surface area contributed by atoms with E-state index in [1.165, 1.54) is 199 Å². The number of aliphatic hydroxyl groups is 2. The Kier molecular flexibility index (Phi) is 49.0. The van der Waals surface area contributed by atoms with Gasteiger partial charge in [0.15, 0.2) is 0 Å². The predicted molar refractivity (Wildman–Crippen MR) is 269 cm³/mol. The lowest BCUT2D eigenvalue weighted by Gasteiger charge is -2.24. The summed E-state index contributed by atoms with van der Waals surface area (Å²) in [5, 5.41) is 23.8. The highest BCUT2D eigenvalue weighted by molar-refractivity contribution is 5.77. The largest absolute Gasteiger partial charge is 0.462 e. The van der Waals surface area contributed by atoms with E-state index in [0.717, 1.165) is 51.4 Å². The van der Waals surface area contributed by atoms with Gasteiger partial charge in [0, 0.05) is 6.42 Å². The van der Waals surface area contributed by atoms with Gasteiger partial charge in [0.05, 0.1) is 25.2 Å². The number of carbonyl (C=O) groups is 2. The van der Waals surface area contributed by atoms with E-state index in [-0.39, 0.29) is 24.9 Å². The highest BCUT2D eigenvalue weighted by Gasteiger charge is 2.24. The van der Waals surface area contributed by atoms with Gasteiger partial charge in [0.2, 0.25) is 5.91 Å². The third-order valence-electron chi connectivity index (χ3n) is 12.8. The van der Waals surface area contributed by atoms with E-state index in [9.17, 15) is 19.8 Å². The third-order valence-corrected chi connectivity index (χ3v) is 12.8. The molecule has 0 spiro atoms. The summed E-state index contributed by atoms with van der Waals surface area (Å²) < 4.78 is 5.95. The van der Waals surface area contributed by atoms with Gasteiger partial charge in [-0.1, -0.05) is 257 Å². The minimum atomic E-state index is -0.785. The summed E-state index contributed by atoms with van der Waals surface area (Å²) in [7, 11) is 0. The zero-order valence-electron chi connectivity index (χ0n) is 41.8. The van der Waals surface area contributed by atoms with Gasteiger partial charge in [-0.05, 0) is 51.4 Å². The summed E-state index contributed by atoms with van der Waals surface area (Å²) in [6.07, 6.45) is 58.1. The number of hydrogen-bond donors (Lipinski definition) is 3. The Morgan fingerprint density at radius 2 is 0.806 bits per heavy atom. The number of rotatable bonds is 50. The number of aliphatic hydroxyl groups excluding tert-OH is 2. The molecule has 0 aromatic rings. The summed E-state index contributed by atoms with van der Waals surface area (Å²) in [4.78, 5) is 26.2. The van der Waals surface area contributed by atoms with Crippen LogP contribution in [-0.4, -0.2) is 46.9 Å². The molecule has 0 aliphatic rings. The van der Waals surface area contributed by atoms with Crippen LogP contribution in [0.3, 0.4) is 0 Å². The Balaban J connectivity index is 4.54. The average Bonchev–Trinajstić information content (AvgIpc) is 3.26. The summed E-state index contributed by atoms with van der Waals surface area (Å²) in [6.45, 7) is 6.50. The minimum absolute atomic E-state index is 0.0771. The molecule has 0 aliphatic heterocycles. The molecule has 0 saturated carbocycles. The number of unbranched alkanes of at least 4 members (excludes halogenated alkanes) is 35. The molecule has 0 rings (SSSR count). The van der Waals surface area contributed by atoms with Crippen molar-refractivity contribution in [3.8, 4) is 0 Å². The van der Waals surface area contributed by atoms with Crippen molar-refractivity contribution in [3.05, 3.63) is 24.3 Å². The van der Waals surface area contributed by atoms with E-state index in [1.807, 2.05) is 0 Å². The first-order valence-electron chi connectivity index (χ1n) is 27.6. The van der Waals surface area contributed by atoms with Gasteiger partial charge in [-0.15, -0.1) is 0 Å². The van der Waals surface area contributed by atoms with Crippen molar-refractivity contribution in [2.45, 2.75) is 315 Å². The van der Waals surface area contributed by atoms with Crippen LogP contribution in [0.2, 0.25) is 0 Å². The highest BCUT2D eigenvalue weighted by atomic mass is 16.5. The maximum atomic E-state index is 13.2. The van der Waals surface area contributed by atoms with E-state index in [4.69, 9.17) is 4.74 Å². The number of esters is 1. The van der Waals surface area contributed by atoms with Crippen LogP contribution in [-0.2, 0) is 14.3 Å². The van der Waals surface area contributed by atoms with Crippen molar-refractivity contribution in [3.63, 3.8) is 0 Å². The van der Waals surface area contributed by atoms with Gasteiger partial charge in [0.25, 0.3) is 0 Å². The number of amides is 1. The average molecular weight is 874 g/mol. The Morgan fingerprint density at radius 1 is 0.468 bits per heavy atom. The fraction of sp³-hybridized carbons (Fsp3) is 0.893. The van der Waals surface area contributed by atoms with Crippen molar-refractivity contribution in [1.82, 2.24) is 5.32 Å². The van der Waals surface area contributed by atoms with Crippen molar-refractivity contribution in [1.29, 1.82) is 0 Å². The highest BCUT2D eigenvalue weighted by Crippen LogP contribution is 2.18. The molecular weight excluding hydrogens is 767 g/mol. The van der Waals surface area contributed by atoms with Crippen molar-refractivity contribution in [2.24, 2.45) is 0 Å². The van der Waals surface area contributed by atoms with Gasteiger partial charge in [-0.25, -0.2) is 0 Å². The summed E-state index contributed by atoms with van der Waals surface area (Å²) in [5.74, 6) is -0.475. The number of hydrogen-bond acceptors (Lipinski definition) is 5. The van der Waals surface area contributed by atoms with Gasteiger partial charge in [-0.2, -0.15) is 0 Å². The predicted octanol–water partition coefficient (Wildman–Crippen LogP) is 16.7. The number of nitrogens with one attached hydrogen (secondary N) is 1. The van der Waals surface area contributed by atoms with Crippen molar-refractivity contribution in [2.75, 3.05) is 6.61 Å². The molecule has 0 heterocycles. The Labute approximate surface area is 386 Å². The minimum Gasteiger partial charge on any atom is -0.462 e. The first-order chi connectivity index (χ1) is 30.5. The molecule has 62 heavy (non-hydrogen) atoms. The Hall–Kier alpha value is -1.66. The first kappa shape index (κ1) is 60.3. The normalized spacial score (nSPS) is 13.3. The molecule has 3 N–H and O–H groups in total. The lowest BCUT2D eigenvalue weighted by Crippen LogP contribution is -2.46. The maximum Gasteiger partial charge on any atom is 0.306 e. The second-order valence-corrected chi connectivity index (χ2v) is 19.0. The second-order valence-electron chi connectivity index (χ2n) is 19.0. The topological polar surface area (TPSA) is 95.9 Å².